The number of halogens is 1. The highest BCUT2D eigenvalue weighted by Gasteiger charge is 2.09. The van der Waals surface area contributed by atoms with Crippen LogP contribution in [0.25, 0.3) is 11.3 Å². The van der Waals surface area contributed by atoms with Crippen LogP contribution in [0.1, 0.15) is 18.2 Å². The maximum atomic E-state index is 12.9. The summed E-state index contributed by atoms with van der Waals surface area (Å²) < 4.78 is 12.9. The molecule has 0 bridgehead atoms. The van der Waals surface area contributed by atoms with E-state index in [2.05, 4.69) is 9.97 Å². The lowest BCUT2D eigenvalue weighted by molar-refractivity contribution is 0.628. The number of aromatic nitrogens is 2. The molecule has 0 aliphatic carbocycles. The Labute approximate surface area is 98.3 Å². The summed E-state index contributed by atoms with van der Waals surface area (Å²) in [5, 5.41) is 0. The molecule has 0 spiro atoms. The van der Waals surface area contributed by atoms with Crippen LogP contribution in [0, 0.1) is 12.7 Å². The minimum Gasteiger partial charge on any atom is -0.310 e. The summed E-state index contributed by atoms with van der Waals surface area (Å²) >= 11 is 0. The Morgan fingerprint density at radius 2 is 1.94 bits per heavy atom. The molecule has 1 aromatic carbocycles. The molecule has 17 heavy (non-hydrogen) atoms. The quantitative estimate of drug-likeness (QED) is 0.864. The van der Waals surface area contributed by atoms with Gasteiger partial charge < -0.3 is 4.98 Å². The minimum absolute atomic E-state index is 0.298. The molecule has 88 valence electrons. The Kier molecular flexibility index (Phi) is 3.04. The summed E-state index contributed by atoms with van der Waals surface area (Å²) in [5.74, 6) is -0.298. The Morgan fingerprint density at radius 1 is 1.29 bits per heavy atom. The van der Waals surface area contributed by atoms with E-state index in [-0.39, 0.29) is 11.5 Å². The third-order valence-corrected chi connectivity index (χ3v) is 2.72. The van der Waals surface area contributed by atoms with Crippen LogP contribution in [0.2, 0.25) is 0 Å². The van der Waals surface area contributed by atoms with Crippen LogP contribution >= 0.6 is 0 Å². The van der Waals surface area contributed by atoms with E-state index in [0.29, 0.717) is 5.69 Å². The molecule has 2 rings (SSSR count). The first-order valence-corrected chi connectivity index (χ1v) is 5.47. The Bertz CT molecular complexity index is 587. The second-order valence-electron chi connectivity index (χ2n) is 3.85. The molecule has 0 aliphatic rings. The summed E-state index contributed by atoms with van der Waals surface area (Å²) in [6.07, 6.45) is 0.766. The van der Waals surface area contributed by atoms with Crippen molar-refractivity contribution in [2.24, 2.45) is 0 Å². The van der Waals surface area contributed by atoms with Crippen LogP contribution in [0.3, 0.4) is 0 Å². The van der Waals surface area contributed by atoms with Gasteiger partial charge in [0.25, 0.3) is 0 Å². The largest absolute Gasteiger partial charge is 0.345 e. The van der Waals surface area contributed by atoms with Gasteiger partial charge in [0.15, 0.2) is 0 Å². The van der Waals surface area contributed by atoms with Crippen LogP contribution in [0.5, 0.6) is 0 Å². The number of aryl methyl sites for hydroxylation is 1. The average Bonchev–Trinajstić information content (AvgIpc) is 2.29. The molecule has 0 saturated carbocycles. The predicted molar refractivity (Wildman–Crippen MR) is 64.4 cm³/mol. The fourth-order valence-corrected chi connectivity index (χ4v) is 1.89. The first-order valence-electron chi connectivity index (χ1n) is 5.47. The van der Waals surface area contributed by atoms with Gasteiger partial charge >= 0.3 is 5.69 Å². The maximum Gasteiger partial charge on any atom is 0.345 e. The van der Waals surface area contributed by atoms with E-state index >= 15 is 0 Å². The molecular weight excluding hydrogens is 219 g/mol. The summed E-state index contributed by atoms with van der Waals surface area (Å²) in [7, 11) is 0. The maximum absolute atomic E-state index is 12.9. The first-order chi connectivity index (χ1) is 8.11. The van der Waals surface area contributed by atoms with Gasteiger partial charge in [0.2, 0.25) is 0 Å². The van der Waals surface area contributed by atoms with Crippen molar-refractivity contribution < 1.29 is 4.39 Å². The molecule has 0 amide bonds. The first kappa shape index (κ1) is 11.5. The zero-order chi connectivity index (χ0) is 12.4. The molecule has 0 atom stereocenters. The number of benzene rings is 1. The molecule has 1 aromatic heterocycles. The fourth-order valence-electron chi connectivity index (χ4n) is 1.89. The molecule has 0 aliphatic heterocycles. The molecular formula is C13H13FN2O. The average molecular weight is 232 g/mol. The monoisotopic (exact) mass is 232 g/mol. The van der Waals surface area contributed by atoms with Gasteiger partial charge in [-0.25, -0.2) is 9.18 Å². The topological polar surface area (TPSA) is 45.8 Å². The van der Waals surface area contributed by atoms with Gasteiger partial charge in [0.05, 0.1) is 5.69 Å². The molecule has 3 nitrogen and oxygen atoms in total. The van der Waals surface area contributed by atoms with Crippen LogP contribution in [-0.2, 0) is 6.42 Å². The van der Waals surface area contributed by atoms with Gasteiger partial charge in [-0.1, -0.05) is 6.92 Å². The van der Waals surface area contributed by atoms with Crippen molar-refractivity contribution in [3.63, 3.8) is 0 Å². The number of hydrogen-bond acceptors (Lipinski definition) is 2. The molecule has 0 radical (unpaired) electrons. The lowest BCUT2D eigenvalue weighted by Gasteiger charge is -2.09. The van der Waals surface area contributed by atoms with E-state index in [1.807, 2.05) is 13.8 Å². The van der Waals surface area contributed by atoms with Crippen molar-refractivity contribution >= 4 is 0 Å². The summed E-state index contributed by atoms with van der Waals surface area (Å²) in [6, 6.07) is 6.01. The Hall–Kier alpha value is -1.97. The summed E-state index contributed by atoms with van der Waals surface area (Å²) in [5.41, 5.74) is 2.81. The molecule has 2 aromatic rings. The Morgan fingerprint density at radius 3 is 2.53 bits per heavy atom. The number of H-pyrrole nitrogens is 1. The van der Waals surface area contributed by atoms with Crippen LogP contribution in [0.4, 0.5) is 4.39 Å². The van der Waals surface area contributed by atoms with E-state index < -0.39 is 0 Å². The second kappa shape index (κ2) is 4.49. The highest BCUT2D eigenvalue weighted by Crippen LogP contribution is 2.22. The van der Waals surface area contributed by atoms with Crippen molar-refractivity contribution in [2.45, 2.75) is 20.3 Å². The lowest BCUT2D eigenvalue weighted by atomic mass is 10.0. The van der Waals surface area contributed by atoms with Crippen molar-refractivity contribution in [1.29, 1.82) is 0 Å². The molecule has 1 N–H and O–H groups in total. The summed E-state index contributed by atoms with van der Waals surface area (Å²) in [4.78, 5) is 18.0. The van der Waals surface area contributed by atoms with Gasteiger partial charge in [-0.3, -0.25) is 0 Å². The van der Waals surface area contributed by atoms with Gasteiger partial charge in [0.1, 0.15) is 5.82 Å². The highest BCUT2D eigenvalue weighted by atomic mass is 19.1. The van der Waals surface area contributed by atoms with Crippen LogP contribution in [0.15, 0.2) is 29.1 Å². The number of rotatable bonds is 2. The number of aromatic amines is 1. The molecule has 0 unspecified atom stereocenters. The normalized spacial score (nSPS) is 10.5. The summed E-state index contributed by atoms with van der Waals surface area (Å²) in [6.45, 7) is 3.84. The zero-order valence-corrected chi connectivity index (χ0v) is 9.75. The third kappa shape index (κ3) is 2.25. The highest BCUT2D eigenvalue weighted by molar-refractivity contribution is 5.63. The van der Waals surface area contributed by atoms with E-state index in [9.17, 15) is 9.18 Å². The van der Waals surface area contributed by atoms with Gasteiger partial charge in [0, 0.05) is 11.3 Å². The molecule has 0 fully saturated rings. The van der Waals surface area contributed by atoms with Crippen molar-refractivity contribution in [2.75, 3.05) is 0 Å². The van der Waals surface area contributed by atoms with E-state index in [4.69, 9.17) is 0 Å². The van der Waals surface area contributed by atoms with Crippen molar-refractivity contribution in [1.82, 2.24) is 9.97 Å². The zero-order valence-electron chi connectivity index (χ0n) is 9.75. The van der Waals surface area contributed by atoms with Crippen LogP contribution < -0.4 is 5.69 Å². The van der Waals surface area contributed by atoms with E-state index in [1.54, 1.807) is 12.1 Å². The smallest absolute Gasteiger partial charge is 0.310 e. The molecule has 4 heteroatoms. The molecule has 1 heterocycles. The lowest BCUT2D eigenvalue weighted by Crippen LogP contribution is -2.15. The van der Waals surface area contributed by atoms with Crippen LogP contribution in [-0.4, -0.2) is 9.97 Å². The number of nitrogens with one attached hydrogen (secondary N) is 1. The predicted octanol–water partition coefficient (Wildman–Crippen LogP) is 2.45. The number of nitrogens with zero attached hydrogens (tertiary/aromatic N) is 1. The van der Waals surface area contributed by atoms with Gasteiger partial charge in [-0.05, 0) is 43.2 Å². The second-order valence-corrected chi connectivity index (χ2v) is 3.85. The fraction of sp³-hybridized carbons (Fsp3) is 0.231. The SMILES string of the molecule is CCc1c(-c2ccc(F)cc2)nc(=O)[nH]c1C. The minimum atomic E-state index is -0.376. The van der Waals surface area contributed by atoms with Gasteiger partial charge in [-0.15, -0.1) is 0 Å². The third-order valence-electron chi connectivity index (χ3n) is 2.72. The number of hydrogen-bond donors (Lipinski definition) is 1. The molecule has 0 saturated heterocycles. The van der Waals surface area contributed by atoms with E-state index in [1.165, 1.54) is 12.1 Å². The van der Waals surface area contributed by atoms with Crippen molar-refractivity contribution in [3.8, 4) is 11.3 Å². The standard InChI is InChI=1S/C13H13FN2O/c1-3-11-8(2)15-13(17)16-12(11)9-4-6-10(14)7-5-9/h4-7H,3H2,1-2H3,(H,15,16,17). The van der Waals surface area contributed by atoms with Gasteiger partial charge in [-0.2, -0.15) is 4.98 Å². The van der Waals surface area contributed by atoms with Crippen molar-refractivity contribution in [3.05, 3.63) is 51.8 Å². The van der Waals surface area contributed by atoms with E-state index in [0.717, 1.165) is 23.2 Å². The Balaban J connectivity index is 2.65.